The zero-order chi connectivity index (χ0) is 19.0. The molecular weight excluding hydrogens is 349 g/mol. The molecule has 0 aliphatic carbocycles. The first-order chi connectivity index (χ1) is 12.4. The number of rotatable bonds is 3. The first kappa shape index (κ1) is 19.2. The molecule has 6 nitrogen and oxygen atoms in total. The van der Waals surface area contributed by atoms with Crippen molar-refractivity contribution < 1.29 is 18.1 Å². The lowest BCUT2D eigenvalue weighted by Crippen LogP contribution is -2.20. The van der Waals surface area contributed by atoms with E-state index in [1.54, 1.807) is 17.3 Å². The van der Waals surface area contributed by atoms with Gasteiger partial charge in [-0.15, -0.1) is 0 Å². The van der Waals surface area contributed by atoms with E-state index in [1.807, 2.05) is 18.2 Å². The molecule has 0 amide bonds. The van der Waals surface area contributed by atoms with Gasteiger partial charge in [-0.05, 0) is 29.8 Å². The van der Waals surface area contributed by atoms with Crippen LogP contribution in [-0.4, -0.2) is 27.9 Å². The van der Waals surface area contributed by atoms with Gasteiger partial charge in [0.05, 0.1) is 10.5 Å². The third-order valence-corrected chi connectivity index (χ3v) is 3.48. The van der Waals surface area contributed by atoms with Crippen molar-refractivity contribution in [3.05, 3.63) is 88.1 Å². The molecule has 0 bridgehead atoms. The Morgan fingerprint density at radius 1 is 1.19 bits per heavy atom. The summed E-state index contributed by atoms with van der Waals surface area (Å²) in [5.41, 5.74) is -0.0437. The maximum atomic E-state index is 12.4. The van der Waals surface area contributed by atoms with Crippen LogP contribution in [0, 0.1) is 10.1 Å². The Hall–Kier alpha value is -3.10. The molecule has 1 aliphatic rings. The van der Waals surface area contributed by atoms with E-state index >= 15 is 0 Å². The van der Waals surface area contributed by atoms with E-state index in [1.165, 1.54) is 12.1 Å². The fourth-order valence-electron chi connectivity index (χ4n) is 2.27. The maximum absolute atomic E-state index is 12.4. The van der Waals surface area contributed by atoms with Crippen molar-refractivity contribution in [1.82, 2.24) is 15.2 Å². The topological polar surface area (TPSA) is 71.3 Å². The predicted octanol–water partition coefficient (Wildman–Crippen LogP) is 3.27. The number of benzene rings is 1. The number of pyridine rings is 1. The van der Waals surface area contributed by atoms with Gasteiger partial charge in [-0.3, -0.25) is 15.1 Å². The van der Waals surface area contributed by atoms with Gasteiger partial charge in [-0.2, -0.15) is 13.2 Å². The van der Waals surface area contributed by atoms with E-state index in [0.29, 0.717) is 31.0 Å². The number of halogens is 3. The van der Waals surface area contributed by atoms with E-state index < -0.39 is 16.7 Å². The van der Waals surface area contributed by atoms with Crippen molar-refractivity contribution in [3.8, 4) is 0 Å². The summed E-state index contributed by atoms with van der Waals surface area (Å²) >= 11 is 0. The van der Waals surface area contributed by atoms with E-state index in [2.05, 4.69) is 10.3 Å². The zero-order valence-corrected chi connectivity index (χ0v) is 13.7. The third-order valence-electron chi connectivity index (χ3n) is 3.48. The van der Waals surface area contributed by atoms with Gasteiger partial charge < -0.3 is 10.2 Å². The lowest BCUT2D eigenvalue weighted by Gasteiger charge is -2.17. The van der Waals surface area contributed by atoms with Crippen LogP contribution in [0.1, 0.15) is 11.1 Å². The van der Waals surface area contributed by atoms with Gasteiger partial charge in [0.1, 0.15) is 0 Å². The lowest BCUT2D eigenvalue weighted by molar-refractivity contribution is -0.404. The van der Waals surface area contributed by atoms with Crippen LogP contribution < -0.4 is 5.32 Å². The van der Waals surface area contributed by atoms with Crippen molar-refractivity contribution in [1.29, 1.82) is 0 Å². The first-order valence-electron chi connectivity index (χ1n) is 7.71. The van der Waals surface area contributed by atoms with Gasteiger partial charge in [-0.1, -0.05) is 18.2 Å². The zero-order valence-electron chi connectivity index (χ0n) is 13.7. The molecule has 26 heavy (non-hydrogen) atoms. The van der Waals surface area contributed by atoms with Gasteiger partial charge >= 0.3 is 6.18 Å². The van der Waals surface area contributed by atoms with Crippen LogP contribution in [0.2, 0.25) is 0 Å². The minimum absolute atomic E-state index is 0.324. The molecule has 3 rings (SSSR count). The van der Waals surface area contributed by atoms with E-state index in [9.17, 15) is 23.3 Å². The van der Waals surface area contributed by atoms with Crippen molar-refractivity contribution in [2.75, 3.05) is 13.1 Å². The largest absolute Gasteiger partial charge is 0.416 e. The summed E-state index contributed by atoms with van der Waals surface area (Å²) in [5.74, 6) is 0.370. The van der Waals surface area contributed by atoms with Crippen LogP contribution in [0.25, 0.3) is 0 Å². The number of hydrogen-bond donors (Lipinski definition) is 1. The Morgan fingerprint density at radius 3 is 2.31 bits per heavy atom. The summed E-state index contributed by atoms with van der Waals surface area (Å²) in [7, 11) is 0. The molecule has 0 radical (unpaired) electrons. The van der Waals surface area contributed by atoms with Crippen LogP contribution >= 0.6 is 0 Å². The van der Waals surface area contributed by atoms with Gasteiger partial charge in [0.25, 0.3) is 6.20 Å². The lowest BCUT2D eigenvalue weighted by atomic mass is 10.1. The average molecular weight is 366 g/mol. The molecule has 1 saturated heterocycles. The minimum Gasteiger partial charge on any atom is -0.365 e. The monoisotopic (exact) mass is 366 g/mol. The molecule has 1 N–H and O–H groups in total. The minimum atomic E-state index is -4.36. The number of nitrogens with one attached hydrogen (secondary N) is 1. The van der Waals surface area contributed by atoms with Crippen LogP contribution in [0.4, 0.5) is 13.2 Å². The highest BCUT2D eigenvalue weighted by Crippen LogP contribution is 2.29. The SMILES string of the molecule is O=[N+]([O-])C=C1NCCN1Cc1ccc(C(F)(F)F)cc1.c1ccncc1. The molecule has 0 atom stereocenters. The molecular formula is C17H17F3N4O2. The summed E-state index contributed by atoms with van der Waals surface area (Å²) in [4.78, 5) is 15.4. The quantitative estimate of drug-likeness (QED) is 0.667. The molecule has 0 unspecified atom stereocenters. The molecule has 1 fully saturated rings. The standard InChI is InChI=1S/C12H12F3N3O2.C5H5N/c13-12(14,15)10-3-1-9(2-4-10)7-17-6-5-16-11(17)8-18(19)20;1-2-4-6-5-3-1/h1-4,8,16H,5-7H2;1-5H. The summed E-state index contributed by atoms with van der Waals surface area (Å²) in [6.07, 6.45) is 0.00148. The predicted molar refractivity (Wildman–Crippen MR) is 89.2 cm³/mol. The Balaban J connectivity index is 0.000000342. The summed E-state index contributed by atoms with van der Waals surface area (Å²) in [6.45, 7) is 1.46. The highest BCUT2D eigenvalue weighted by Gasteiger charge is 2.30. The molecule has 1 aliphatic heterocycles. The van der Waals surface area contributed by atoms with Crippen molar-refractivity contribution in [3.63, 3.8) is 0 Å². The molecule has 2 aromatic rings. The summed E-state index contributed by atoms with van der Waals surface area (Å²) in [6, 6.07) is 10.5. The molecule has 1 aromatic carbocycles. The molecule has 9 heteroatoms. The second-order valence-corrected chi connectivity index (χ2v) is 5.37. The van der Waals surface area contributed by atoms with Crippen LogP contribution in [0.5, 0.6) is 0 Å². The van der Waals surface area contributed by atoms with Crippen molar-refractivity contribution in [2.45, 2.75) is 12.7 Å². The average Bonchev–Trinajstić information content (AvgIpc) is 3.03. The fourth-order valence-corrected chi connectivity index (χ4v) is 2.27. The third kappa shape index (κ3) is 6.08. The first-order valence-corrected chi connectivity index (χ1v) is 7.71. The van der Waals surface area contributed by atoms with E-state index in [-0.39, 0.29) is 0 Å². The summed E-state index contributed by atoms with van der Waals surface area (Å²) < 4.78 is 37.3. The second kappa shape index (κ2) is 8.84. The molecule has 0 saturated carbocycles. The molecule has 0 spiro atoms. The van der Waals surface area contributed by atoms with Crippen LogP contribution in [0.15, 0.2) is 66.9 Å². The summed E-state index contributed by atoms with van der Waals surface area (Å²) in [5, 5.41) is 13.3. The molecule has 138 valence electrons. The van der Waals surface area contributed by atoms with Crippen LogP contribution in [0.3, 0.4) is 0 Å². The maximum Gasteiger partial charge on any atom is 0.416 e. The number of aromatic nitrogens is 1. The Labute approximate surface area is 148 Å². The Bertz CT molecular complexity index is 707. The Kier molecular flexibility index (Phi) is 6.54. The van der Waals surface area contributed by atoms with Crippen molar-refractivity contribution >= 4 is 0 Å². The van der Waals surface area contributed by atoms with E-state index in [4.69, 9.17) is 0 Å². The molecule has 2 heterocycles. The highest BCUT2D eigenvalue weighted by atomic mass is 19.4. The normalized spacial score (nSPS) is 15.2. The van der Waals surface area contributed by atoms with Gasteiger partial charge in [0.15, 0.2) is 5.82 Å². The number of hydrogen-bond acceptors (Lipinski definition) is 5. The highest BCUT2D eigenvalue weighted by molar-refractivity contribution is 5.25. The van der Waals surface area contributed by atoms with Gasteiger partial charge in [0, 0.05) is 32.0 Å². The fraction of sp³-hybridized carbons (Fsp3) is 0.235. The second-order valence-electron chi connectivity index (χ2n) is 5.37. The number of alkyl halides is 3. The Morgan fingerprint density at radius 2 is 1.85 bits per heavy atom. The molecule has 1 aromatic heterocycles. The van der Waals surface area contributed by atoms with Gasteiger partial charge in [0.2, 0.25) is 0 Å². The van der Waals surface area contributed by atoms with Gasteiger partial charge in [-0.25, -0.2) is 0 Å². The number of nitrogens with zero attached hydrogens (tertiary/aromatic N) is 3. The van der Waals surface area contributed by atoms with Crippen LogP contribution in [-0.2, 0) is 12.7 Å². The smallest absolute Gasteiger partial charge is 0.365 e. The van der Waals surface area contributed by atoms with E-state index in [0.717, 1.165) is 18.3 Å². The van der Waals surface area contributed by atoms with Crippen molar-refractivity contribution in [2.24, 2.45) is 0 Å². The number of nitro groups is 1.